The van der Waals surface area contributed by atoms with Crippen LogP contribution in [0.2, 0.25) is 5.02 Å². The second-order valence-electron chi connectivity index (χ2n) is 4.39. The van der Waals surface area contributed by atoms with Gasteiger partial charge in [-0.05, 0) is 32.6 Å². The Bertz CT molecular complexity index is 422. The van der Waals surface area contributed by atoms with E-state index in [-0.39, 0.29) is 5.78 Å². The molecular formula is C12H17ClN2O2. The smallest absolute Gasteiger partial charge is 0.214 e. The lowest BCUT2D eigenvalue weighted by molar-refractivity contribution is 0.00517. The van der Waals surface area contributed by atoms with E-state index in [4.69, 9.17) is 16.3 Å². The average Bonchev–Trinajstić information content (AvgIpc) is 2.95. The zero-order valence-corrected chi connectivity index (χ0v) is 11.0. The van der Waals surface area contributed by atoms with Crippen LogP contribution in [0.5, 0.6) is 0 Å². The molecule has 0 unspecified atom stereocenters. The molecule has 0 atom stereocenters. The second-order valence-corrected chi connectivity index (χ2v) is 4.80. The van der Waals surface area contributed by atoms with E-state index in [1.165, 1.54) is 6.20 Å². The molecule has 17 heavy (non-hydrogen) atoms. The van der Waals surface area contributed by atoms with Crippen molar-refractivity contribution in [1.29, 1.82) is 0 Å². The molecule has 1 heterocycles. The van der Waals surface area contributed by atoms with E-state index >= 15 is 0 Å². The van der Waals surface area contributed by atoms with Gasteiger partial charge in [-0.25, -0.2) is 0 Å². The lowest BCUT2D eigenvalue weighted by Crippen LogP contribution is -2.39. The maximum atomic E-state index is 12.6. The van der Waals surface area contributed by atoms with Gasteiger partial charge in [0.15, 0.2) is 0 Å². The Morgan fingerprint density at radius 1 is 1.59 bits per heavy atom. The third-order valence-corrected chi connectivity index (χ3v) is 3.80. The van der Waals surface area contributed by atoms with Gasteiger partial charge in [0.2, 0.25) is 5.78 Å². The molecular weight excluding hydrogens is 240 g/mol. The first-order chi connectivity index (χ1) is 8.14. The number of rotatable bonds is 4. The molecule has 0 spiro atoms. The summed E-state index contributed by atoms with van der Waals surface area (Å²) in [6.07, 6.45) is 5.12. The number of halogens is 1. The number of carbonyl (C=O) groups is 1. The van der Waals surface area contributed by atoms with E-state index in [1.54, 1.807) is 11.8 Å². The highest BCUT2D eigenvalue weighted by Gasteiger charge is 2.43. The monoisotopic (exact) mass is 256 g/mol. The lowest BCUT2D eigenvalue weighted by atomic mass is 9.94. The quantitative estimate of drug-likeness (QED) is 0.778. The van der Waals surface area contributed by atoms with Crippen molar-refractivity contribution in [3.63, 3.8) is 0 Å². The number of ketones is 1. The van der Waals surface area contributed by atoms with Gasteiger partial charge in [0.05, 0.1) is 11.2 Å². The van der Waals surface area contributed by atoms with Crippen molar-refractivity contribution in [3.05, 3.63) is 16.9 Å². The van der Waals surface area contributed by atoms with Gasteiger partial charge in [-0.15, -0.1) is 0 Å². The van der Waals surface area contributed by atoms with E-state index in [9.17, 15) is 4.79 Å². The average molecular weight is 257 g/mol. The molecule has 0 radical (unpaired) electrons. The highest BCUT2D eigenvalue weighted by Crippen LogP contribution is 2.36. The van der Waals surface area contributed by atoms with E-state index in [1.807, 2.05) is 6.92 Å². The Morgan fingerprint density at radius 3 is 2.76 bits per heavy atom. The van der Waals surface area contributed by atoms with Crippen molar-refractivity contribution < 1.29 is 9.53 Å². The first-order valence-corrected chi connectivity index (χ1v) is 6.33. The summed E-state index contributed by atoms with van der Waals surface area (Å²) < 4.78 is 7.13. The van der Waals surface area contributed by atoms with Crippen LogP contribution in [-0.4, -0.2) is 28.3 Å². The van der Waals surface area contributed by atoms with Crippen molar-refractivity contribution >= 4 is 17.4 Å². The number of aryl methyl sites for hydroxylation is 1. The molecule has 0 aliphatic heterocycles. The Kier molecular flexibility index (Phi) is 3.54. The normalized spacial score (nSPS) is 18.5. The summed E-state index contributed by atoms with van der Waals surface area (Å²) in [5.41, 5.74) is -0.200. The van der Waals surface area contributed by atoms with Crippen LogP contribution in [0.15, 0.2) is 6.20 Å². The summed E-state index contributed by atoms with van der Waals surface area (Å²) in [7, 11) is 1.60. The van der Waals surface area contributed by atoms with Crippen molar-refractivity contribution in [2.75, 3.05) is 7.11 Å². The fourth-order valence-electron chi connectivity index (χ4n) is 2.51. The molecule has 0 aromatic carbocycles. The summed E-state index contributed by atoms with van der Waals surface area (Å²) in [6.45, 7) is 2.57. The highest BCUT2D eigenvalue weighted by molar-refractivity contribution is 6.34. The minimum absolute atomic E-state index is 0.0261. The molecule has 0 bridgehead atoms. The van der Waals surface area contributed by atoms with Gasteiger partial charge in [-0.3, -0.25) is 9.48 Å². The summed E-state index contributed by atoms with van der Waals surface area (Å²) in [6, 6.07) is 0. The zero-order chi connectivity index (χ0) is 12.5. The summed E-state index contributed by atoms with van der Waals surface area (Å²) in [5, 5.41) is 4.52. The number of ether oxygens (including phenoxy) is 1. The van der Waals surface area contributed by atoms with E-state index in [0.717, 1.165) is 25.7 Å². The molecule has 94 valence electrons. The van der Waals surface area contributed by atoms with Crippen LogP contribution in [0.25, 0.3) is 0 Å². The molecule has 1 saturated carbocycles. The van der Waals surface area contributed by atoms with Gasteiger partial charge in [-0.2, -0.15) is 5.10 Å². The molecule has 1 aliphatic carbocycles. The van der Waals surface area contributed by atoms with Crippen LogP contribution in [0, 0.1) is 0 Å². The SMILES string of the molecule is CCn1ncc(Cl)c1C(=O)C1(OC)CCCC1. The van der Waals surface area contributed by atoms with Crippen molar-refractivity contribution in [2.45, 2.75) is 44.8 Å². The van der Waals surface area contributed by atoms with Crippen LogP contribution >= 0.6 is 11.6 Å². The van der Waals surface area contributed by atoms with E-state index < -0.39 is 5.60 Å². The summed E-state index contributed by atoms with van der Waals surface area (Å²) >= 11 is 6.06. The third kappa shape index (κ3) is 2.00. The van der Waals surface area contributed by atoms with Gasteiger partial charge in [0.1, 0.15) is 11.3 Å². The maximum Gasteiger partial charge on any atom is 0.214 e. The fraction of sp³-hybridized carbons (Fsp3) is 0.667. The standard InChI is InChI=1S/C12H17ClN2O2/c1-3-15-10(9(13)8-14-15)11(16)12(17-2)6-4-5-7-12/h8H,3-7H2,1-2H3. The van der Waals surface area contributed by atoms with E-state index in [0.29, 0.717) is 17.3 Å². The molecule has 1 aromatic rings. The third-order valence-electron chi connectivity index (χ3n) is 3.53. The Labute approximate surface area is 106 Å². The predicted octanol–water partition coefficient (Wildman–Crippen LogP) is 2.70. The van der Waals surface area contributed by atoms with Crippen LogP contribution in [0.3, 0.4) is 0 Å². The number of hydrogen-bond donors (Lipinski definition) is 0. The summed E-state index contributed by atoms with van der Waals surface area (Å²) in [5.74, 6) is -0.0261. The highest BCUT2D eigenvalue weighted by atomic mass is 35.5. The van der Waals surface area contributed by atoms with Gasteiger partial charge in [0, 0.05) is 13.7 Å². The molecule has 4 nitrogen and oxygen atoms in total. The predicted molar refractivity (Wildman–Crippen MR) is 65.4 cm³/mol. The minimum atomic E-state index is -0.684. The second kappa shape index (κ2) is 4.78. The zero-order valence-electron chi connectivity index (χ0n) is 10.2. The molecule has 1 aliphatic rings. The molecule has 2 rings (SSSR count). The van der Waals surface area contributed by atoms with Crippen LogP contribution in [-0.2, 0) is 11.3 Å². The maximum absolute atomic E-state index is 12.6. The van der Waals surface area contributed by atoms with Gasteiger partial charge in [0.25, 0.3) is 0 Å². The summed E-state index contributed by atoms with van der Waals surface area (Å²) in [4.78, 5) is 12.6. The molecule has 0 N–H and O–H groups in total. The van der Waals surface area contributed by atoms with Gasteiger partial charge in [-0.1, -0.05) is 11.6 Å². The fourth-order valence-corrected chi connectivity index (χ4v) is 2.74. The van der Waals surface area contributed by atoms with Gasteiger partial charge >= 0.3 is 0 Å². The number of carbonyl (C=O) groups excluding carboxylic acids is 1. The molecule has 5 heteroatoms. The van der Waals surface area contributed by atoms with Crippen LogP contribution < -0.4 is 0 Å². The Morgan fingerprint density at radius 2 is 2.24 bits per heavy atom. The minimum Gasteiger partial charge on any atom is -0.370 e. The van der Waals surface area contributed by atoms with Crippen LogP contribution in [0.4, 0.5) is 0 Å². The molecule has 1 fully saturated rings. The number of nitrogens with zero attached hydrogens (tertiary/aromatic N) is 2. The molecule has 0 saturated heterocycles. The van der Waals surface area contributed by atoms with Crippen molar-refractivity contribution in [1.82, 2.24) is 9.78 Å². The number of hydrogen-bond acceptors (Lipinski definition) is 3. The van der Waals surface area contributed by atoms with E-state index in [2.05, 4.69) is 5.10 Å². The first kappa shape index (κ1) is 12.6. The first-order valence-electron chi connectivity index (χ1n) is 5.96. The number of methoxy groups -OCH3 is 1. The molecule has 0 amide bonds. The largest absolute Gasteiger partial charge is 0.370 e. The lowest BCUT2D eigenvalue weighted by Gasteiger charge is -2.25. The van der Waals surface area contributed by atoms with Crippen molar-refractivity contribution in [3.8, 4) is 0 Å². The topological polar surface area (TPSA) is 44.1 Å². The van der Waals surface area contributed by atoms with Gasteiger partial charge < -0.3 is 4.74 Å². The Balaban J connectivity index is 2.38. The Hall–Kier alpha value is -0.870. The number of aromatic nitrogens is 2. The number of Topliss-reactive ketones (excluding diaryl/α,β-unsaturated/α-hetero) is 1. The van der Waals surface area contributed by atoms with Crippen molar-refractivity contribution in [2.24, 2.45) is 0 Å². The molecule has 1 aromatic heterocycles. The van der Waals surface area contributed by atoms with Crippen LogP contribution in [0.1, 0.15) is 43.1 Å².